The van der Waals surface area contributed by atoms with Crippen LogP contribution < -0.4 is 10.6 Å². The largest absolute Gasteiger partial charge is 0.384 e. The van der Waals surface area contributed by atoms with E-state index >= 15 is 0 Å². The molecule has 4 nitrogen and oxygen atoms in total. The molecule has 1 aromatic carbocycles. The van der Waals surface area contributed by atoms with E-state index in [1.165, 1.54) is 16.9 Å². The fourth-order valence-corrected chi connectivity index (χ4v) is 2.43. The molecule has 1 amide bonds. The molecule has 2 heterocycles. The third kappa shape index (κ3) is 2.01. The van der Waals surface area contributed by atoms with E-state index in [1.807, 2.05) is 18.2 Å². The van der Waals surface area contributed by atoms with Crippen molar-refractivity contribution in [2.75, 3.05) is 17.2 Å². The number of aromatic nitrogens is 1. The Morgan fingerprint density at radius 3 is 3.24 bits per heavy atom. The zero-order valence-corrected chi connectivity index (χ0v) is 9.88. The number of fused-ring (bicyclic) bond motifs is 1. The molecule has 1 aliphatic heterocycles. The molecule has 86 valence electrons. The second-order valence-corrected chi connectivity index (χ2v) is 4.60. The Labute approximate surface area is 103 Å². The van der Waals surface area contributed by atoms with Gasteiger partial charge in [0.1, 0.15) is 5.69 Å². The molecule has 2 aromatic rings. The SMILES string of the molecule is O=C(Nc1ccc2c(c1)CCN2)c1cscn1. The standard InChI is InChI=1S/C12H11N3OS/c16-12(11-6-17-7-14-11)15-9-1-2-10-8(5-9)3-4-13-10/h1-2,5-7,13H,3-4H2,(H,15,16). The van der Waals surface area contributed by atoms with E-state index in [9.17, 15) is 4.79 Å². The quantitative estimate of drug-likeness (QED) is 0.854. The lowest BCUT2D eigenvalue weighted by molar-refractivity contribution is 0.102. The molecule has 1 aliphatic rings. The topological polar surface area (TPSA) is 54.0 Å². The lowest BCUT2D eigenvalue weighted by Crippen LogP contribution is -2.12. The Bertz CT molecular complexity index is 551. The molecule has 3 rings (SSSR count). The van der Waals surface area contributed by atoms with E-state index in [1.54, 1.807) is 10.9 Å². The van der Waals surface area contributed by atoms with Gasteiger partial charge in [-0.25, -0.2) is 4.98 Å². The molecule has 0 saturated heterocycles. The maximum absolute atomic E-state index is 11.8. The maximum atomic E-state index is 11.8. The average molecular weight is 245 g/mol. The Kier molecular flexibility index (Phi) is 2.53. The molecule has 0 unspecified atom stereocenters. The number of benzene rings is 1. The zero-order chi connectivity index (χ0) is 11.7. The van der Waals surface area contributed by atoms with Crippen molar-refractivity contribution >= 4 is 28.6 Å². The highest BCUT2D eigenvalue weighted by molar-refractivity contribution is 7.07. The van der Waals surface area contributed by atoms with E-state index in [2.05, 4.69) is 15.6 Å². The molecular weight excluding hydrogens is 234 g/mol. The van der Waals surface area contributed by atoms with E-state index in [0.29, 0.717) is 5.69 Å². The molecule has 0 atom stereocenters. The van der Waals surface area contributed by atoms with Crippen molar-refractivity contribution in [1.29, 1.82) is 0 Å². The molecular formula is C12H11N3OS. The van der Waals surface area contributed by atoms with Crippen LogP contribution in [0.4, 0.5) is 11.4 Å². The number of carbonyl (C=O) groups excluding carboxylic acids is 1. The summed E-state index contributed by atoms with van der Waals surface area (Å²) in [5.41, 5.74) is 5.36. The third-order valence-corrected chi connectivity index (χ3v) is 3.32. The van der Waals surface area contributed by atoms with Gasteiger partial charge >= 0.3 is 0 Å². The van der Waals surface area contributed by atoms with Crippen molar-refractivity contribution < 1.29 is 4.79 Å². The number of anilines is 2. The van der Waals surface area contributed by atoms with Crippen LogP contribution in [0.25, 0.3) is 0 Å². The number of nitrogens with zero attached hydrogens (tertiary/aromatic N) is 1. The van der Waals surface area contributed by atoms with E-state index in [0.717, 1.165) is 24.3 Å². The van der Waals surface area contributed by atoms with Gasteiger partial charge in [0.15, 0.2) is 0 Å². The van der Waals surface area contributed by atoms with Gasteiger partial charge in [-0.3, -0.25) is 4.79 Å². The van der Waals surface area contributed by atoms with Crippen molar-refractivity contribution in [2.24, 2.45) is 0 Å². The second kappa shape index (κ2) is 4.18. The number of hydrogen-bond acceptors (Lipinski definition) is 4. The molecule has 17 heavy (non-hydrogen) atoms. The van der Waals surface area contributed by atoms with E-state index < -0.39 is 0 Å². The summed E-state index contributed by atoms with van der Waals surface area (Å²) in [7, 11) is 0. The molecule has 0 bridgehead atoms. The summed E-state index contributed by atoms with van der Waals surface area (Å²) in [6.07, 6.45) is 1.01. The van der Waals surface area contributed by atoms with Crippen LogP contribution in [0.3, 0.4) is 0 Å². The molecule has 0 fully saturated rings. The maximum Gasteiger partial charge on any atom is 0.275 e. The number of carbonyl (C=O) groups is 1. The molecule has 0 spiro atoms. The van der Waals surface area contributed by atoms with Crippen molar-refractivity contribution in [1.82, 2.24) is 4.98 Å². The smallest absolute Gasteiger partial charge is 0.275 e. The number of rotatable bonds is 2. The molecule has 2 N–H and O–H groups in total. The van der Waals surface area contributed by atoms with Crippen molar-refractivity contribution in [3.63, 3.8) is 0 Å². The lowest BCUT2D eigenvalue weighted by atomic mass is 10.1. The highest BCUT2D eigenvalue weighted by Gasteiger charge is 2.12. The summed E-state index contributed by atoms with van der Waals surface area (Å²) < 4.78 is 0. The molecule has 5 heteroatoms. The first-order valence-electron chi connectivity index (χ1n) is 5.39. The summed E-state index contributed by atoms with van der Waals surface area (Å²) in [4.78, 5) is 15.8. The van der Waals surface area contributed by atoms with E-state index in [-0.39, 0.29) is 5.91 Å². The van der Waals surface area contributed by atoms with Crippen LogP contribution in [0.2, 0.25) is 0 Å². The summed E-state index contributed by atoms with van der Waals surface area (Å²) in [6, 6.07) is 5.92. The first kappa shape index (κ1) is 10.3. The van der Waals surface area contributed by atoms with Crippen LogP contribution in [0.5, 0.6) is 0 Å². The molecule has 1 aromatic heterocycles. The summed E-state index contributed by atoms with van der Waals surface area (Å²) in [5, 5.41) is 7.88. The number of thiazole rings is 1. The normalized spacial score (nSPS) is 12.9. The summed E-state index contributed by atoms with van der Waals surface area (Å²) in [6.45, 7) is 0.971. The minimum Gasteiger partial charge on any atom is -0.384 e. The van der Waals surface area contributed by atoms with Crippen LogP contribution in [0.15, 0.2) is 29.1 Å². The first-order chi connectivity index (χ1) is 8.33. The van der Waals surface area contributed by atoms with Crippen molar-refractivity contribution in [3.05, 3.63) is 40.3 Å². The molecule has 0 aliphatic carbocycles. The van der Waals surface area contributed by atoms with Gasteiger partial charge < -0.3 is 10.6 Å². The summed E-state index contributed by atoms with van der Waals surface area (Å²) >= 11 is 1.42. The van der Waals surface area contributed by atoms with Gasteiger partial charge in [0.2, 0.25) is 0 Å². The monoisotopic (exact) mass is 245 g/mol. The van der Waals surface area contributed by atoms with Crippen LogP contribution in [0.1, 0.15) is 16.1 Å². The Morgan fingerprint density at radius 2 is 2.41 bits per heavy atom. The Morgan fingerprint density at radius 1 is 1.47 bits per heavy atom. The lowest BCUT2D eigenvalue weighted by Gasteiger charge is -2.05. The van der Waals surface area contributed by atoms with Gasteiger partial charge in [-0.2, -0.15) is 0 Å². The van der Waals surface area contributed by atoms with Crippen molar-refractivity contribution in [3.8, 4) is 0 Å². The van der Waals surface area contributed by atoms with Gasteiger partial charge in [-0.05, 0) is 30.2 Å². The number of amides is 1. The van der Waals surface area contributed by atoms with Gasteiger partial charge in [-0.1, -0.05) is 0 Å². The van der Waals surface area contributed by atoms with Crippen LogP contribution >= 0.6 is 11.3 Å². The van der Waals surface area contributed by atoms with Gasteiger partial charge in [0.25, 0.3) is 5.91 Å². The van der Waals surface area contributed by atoms with Gasteiger partial charge in [0, 0.05) is 23.3 Å². The first-order valence-corrected chi connectivity index (χ1v) is 6.33. The molecule has 0 saturated carbocycles. The second-order valence-electron chi connectivity index (χ2n) is 3.88. The number of hydrogen-bond donors (Lipinski definition) is 2. The Balaban J connectivity index is 1.80. The predicted octanol–water partition coefficient (Wildman–Crippen LogP) is 2.36. The zero-order valence-electron chi connectivity index (χ0n) is 9.06. The minimum absolute atomic E-state index is 0.155. The fraction of sp³-hybridized carbons (Fsp3) is 0.167. The van der Waals surface area contributed by atoms with E-state index in [4.69, 9.17) is 0 Å². The molecule has 0 radical (unpaired) electrons. The third-order valence-electron chi connectivity index (χ3n) is 2.74. The van der Waals surface area contributed by atoms with Gasteiger partial charge in [0.05, 0.1) is 5.51 Å². The fourth-order valence-electron chi connectivity index (χ4n) is 1.90. The Hall–Kier alpha value is -1.88. The average Bonchev–Trinajstić information content (AvgIpc) is 2.99. The predicted molar refractivity (Wildman–Crippen MR) is 68.7 cm³/mol. The summed E-state index contributed by atoms with van der Waals surface area (Å²) in [5.74, 6) is -0.155. The highest BCUT2D eigenvalue weighted by atomic mass is 32.1. The van der Waals surface area contributed by atoms with Gasteiger partial charge in [-0.15, -0.1) is 11.3 Å². The van der Waals surface area contributed by atoms with Crippen LogP contribution in [-0.4, -0.2) is 17.4 Å². The van der Waals surface area contributed by atoms with Crippen molar-refractivity contribution in [2.45, 2.75) is 6.42 Å². The highest BCUT2D eigenvalue weighted by Crippen LogP contribution is 2.25. The minimum atomic E-state index is -0.155. The van der Waals surface area contributed by atoms with Crippen LogP contribution in [-0.2, 0) is 6.42 Å². The number of nitrogens with one attached hydrogen (secondary N) is 2. The van der Waals surface area contributed by atoms with Crippen LogP contribution in [0, 0.1) is 0 Å².